The van der Waals surface area contributed by atoms with Crippen molar-refractivity contribution in [3.63, 3.8) is 0 Å². The second-order valence-electron chi connectivity index (χ2n) is 4.72. The quantitative estimate of drug-likeness (QED) is 0.726. The molecule has 0 unspecified atom stereocenters. The van der Waals surface area contributed by atoms with E-state index in [0.717, 1.165) is 19.4 Å². The molecule has 0 atom stereocenters. The summed E-state index contributed by atoms with van der Waals surface area (Å²) in [6.45, 7) is 2.77. The fourth-order valence-corrected chi connectivity index (χ4v) is 3.25. The van der Waals surface area contributed by atoms with E-state index in [4.69, 9.17) is 0 Å². The minimum absolute atomic E-state index is 0.284. The van der Waals surface area contributed by atoms with Gasteiger partial charge < -0.3 is 5.32 Å². The van der Waals surface area contributed by atoms with Gasteiger partial charge in [0.15, 0.2) is 0 Å². The summed E-state index contributed by atoms with van der Waals surface area (Å²) in [6.07, 6.45) is 5.73. The third-order valence-electron chi connectivity index (χ3n) is 3.57. The summed E-state index contributed by atoms with van der Waals surface area (Å²) in [5.41, 5.74) is 0.415. The van der Waals surface area contributed by atoms with Crippen LogP contribution in [0.5, 0.6) is 0 Å². The van der Waals surface area contributed by atoms with Crippen molar-refractivity contribution in [2.75, 3.05) is 25.1 Å². The molecule has 0 aromatic heterocycles. The van der Waals surface area contributed by atoms with Gasteiger partial charge in [0.25, 0.3) is 0 Å². The van der Waals surface area contributed by atoms with Crippen LogP contribution in [0, 0.1) is 5.41 Å². The molecule has 3 nitrogen and oxygen atoms in total. The molecule has 1 fully saturated rings. The molecule has 0 bridgehead atoms. The maximum absolute atomic E-state index is 11.3. The van der Waals surface area contributed by atoms with E-state index in [0.29, 0.717) is 11.2 Å². The fourth-order valence-electron chi connectivity index (χ4n) is 2.38. The predicted octanol–water partition coefficient (Wildman–Crippen LogP) is 1.59. The predicted molar refractivity (Wildman–Crippen MR) is 63.8 cm³/mol. The summed E-state index contributed by atoms with van der Waals surface area (Å²) in [5, 5.41) is 3.22. The van der Waals surface area contributed by atoms with Gasteiger partial charge in [-0.05, 0) is 38.1 Å². The van der Waals surface area contributed by atoms with E-state index in [1.807, 2.05) is 7.05 Å². The molecule has 0 aromatic rings. The Kier molecular flexibility index (Phi) is 4.59. The van der Waals surface area contributed by atoms with Gasteiger partial charge in [-0.15, -0.1) is 0 Å². The Morgan fingerprint density at radius 1 is 1.33 bits per heavy atom. The molecule has 1 N–H and O–H groups in total. The lowest BCUT2D eigenvalue weighted by Gasteiger charge is -2.42. The van der Waals surface area contributed by atoms with E-state index < -0.39 is 9.84 Å². The summed E-state index contributed by atoms with van der Waals surface area (Å²) < 4.78 is 22.7. The van der Waals surface area contributed by atoms with Gasteiger partial charge in [-0.3, -0.25) is 0 Å². The molecule has 0 aromatic carbocycles. The molecule has 15 heavy (non-hydrogen) atoms. The van der Waals surface area contributed by atoms with Gasteiger partial charge in [-0.25, -0.2) is 8.42 Å². The summed E-state index contributed by atoms with van der Waals surface area (Å²) in [7, 11) is -0.786. The van der Waals surface area contributed by atoms with Crippen LogP contribution in [0.3, 0.4) is 0 Å². The molecule has 1 rings (SSSR count). The van der Waals surface area contributed by atoms with Crippen LogP contribution >= 0.6 is 0 Å². The van der Waals surface area contributed by atoms with E-state index in [-0.39, 0.29) is 5.75 Å². The largest absolute Gasteiger partial charge is 0.319 e. The van der Waals surface area contributed by atoms with Crippen molar-refractivity contribution in [3.05, 3.63) is 0 Å². The van der Waals surface area contributed by atoms with Crippen molar-refractivity contribution >= 4 is 9.84 Å². The molecule has 0 aliphatic heterocycles. The van der Waals surface area contributed by atoms with Crippen LogP contribution in [-0.4, -0.2) is 33.5 Å². The number of hydrogen-bond donors (Lipinski definition) is 1. The van der Waals surface area contributed by atoms with Crippen molar-refractivity contribution in [2.24, 2.45) is 5.41 Å². The van der Waals surface area contributed by atoms with Gasteiger partial charge in [0.1, 0.15) is 9.84 Å². The Labute approximate surface area is 93.6 Å². The highest BCUT2D eigenvalue weighted by Gasteiger charge is 2.35. The molecule has 0 heterocycles. The Bertz CT molecular complexity index is 281. The van der Waals surface area contributed by atoms with Gasteiger partial charge in [-0.2, -0.15) is 0 Å². The average Bonchev–Trinajstić information content (AvgIpc) is 2.14. The molecule has 90 valence electrons. The molecule has 0 amide bonds. The summed E-state index contributed by atoms with van der Waals surface area (Å²) in [6, 6.07) is 0. The zero-order chi connectivity index (χ0) is 11.4. The first-order valence-electron chi connectivity index (χ1n) is 5.89. The average molecular weight is 233 g/mol. The molecule has 4 heteroatoms. The maximum atomic E-state index is 11.3. The Hall–Kier alpha value is -0.0900. The molecule has 1 aliphatic carbocycles. The number of hydrogen-bond acceptors (Lipinski definition) is 3. The van der Waals surface area contributed by atoms with Gasteiger partial charge in [0.05, 0.1) is 5.75 Å². The second-order valence-corrected chi connectivity index (χ2v) is 7.20. The van der Waals surface area contributed by atoms with Crippen LogP contribution in [0.1, 0.15) is 39.0 Å². The topological polar surface area (TPSA) is 46.2 Å². The van der Waals surface area contributed by atoms with Crippen molar-refractivity contribution in [1.29, 1.82) is 0 Å². The third kappa shape index (κ3) is 3.76. The second kappa shape index (κ2) is 5.30. The van der Waals surface area contributed by atoms with Crippen LogP contribution in [0.2, 0.25) is 0 Å². The Morgan fingerprint density at radius 2 is 2.00 bits per heavy atom. The molecular formula is C11H23NO2S. The summed E-state index contributed by atoms with van der Waals surface area (Å²) in [4.78, 5) is 0. The number of sulfone groups is 1. The fraction of sp³-hybridized carbons (Fsp3) is 1.00. The highest BCUT2D eigenvalue weighted by molar-refractivity contribution is 7.91. The monoisotopic (exact) mass is 233 g/mol. The highest BCUT2D eigenvalue weighted by Crippen LogP contribution is 2.44. The van der Waals surface area contributed by atoms with E-state index in [9.17, 15) is 8.42 Å². The first-order valence-corrected chi connectivity index (χ1v) is 7.71. The van der Waals surface area contributed by atoms with Crippen molar-refractivity contribution in [1.82, 2.24) is 5.32 Å². The van der Waals surface area contributed by atoms with Crippen molar-refractivity contribution in [2.45, 2.75) is 39.0 Å². The number of rotatable bonds is 7. The molecule has 0 spiro atoms. The normalized spacial score (nSPS) is 19.9. The van der Waals surface area contributed by atoms with Crippen LogP contribution in [0.15, 0.2) is 0 Å². The Morgan fingerprint density at radius 3 is 2.40 bits per heavy atom. The van der Waals surface area contributed by atoms with Crippen molar-refractivity contribution in [3.8, 4) is 0 Å². The zero-order valence-electron chi connectivity index (χ0n) is 9.88. The minimum Gasteiger partial charge on any atom is -0.319 e. The van der Waals surface area contributed by atoms with E-state index >= 15 is 0 Å². The zero-order valence-corrected chi connectivity index (χ0v) is 10.7. The first kappa shape index (κ1) is 13.0. The standard InChI is InChI=1S/C11H23NO2S/c1-3-15(13,14)9-5-8-11(10-12-2)6-4-7-11/h12H,3-10H2,1-2H3. The van der Waals surface area contributed by atoms with Gasteiger partial charge in [0.2, 0.25) is 0 Å². The lowest BCUT2D eigenvalue weighted by molar-refractivity contribution is 0.119. The molecule has 0 radical (unpaired) electrons. The molecule has 1 aliphatic rings. The summed E-state index contributed by atoms with van der Waals surface area (Å²) in [5.74, 6) is 0.654. The molecule has 0 saturated heterocycles. The van der Waals surface area contributed by atoms with Crippen LogP contribution in [0.25, 0.3) is 0 Å². The molecular weight excluding hydrogens is 210 g/mol. The van der Waals surface area contributed by atoms with Gasteiger partial charge in [-0.1, -0.05) is 13.3 Å². The number of nitrogens with one attached hydrogen (secondary N) is 1. The Balaban J connectivity index is 2.29. The van der Waals surface area contributed by atoms with E-state index in [1.165, 1.54) is 19.3 Å². The van der Waals surface area contributed by atoms with E-state index in [1.54, 1.807) is 6.92 Å². The minimum atomic E-state index is -2.76. The van der Waals surface area contributed by atoms with Gasteiger partial charge >= 0.3 is 0 Å². The lowest BCUT2D eigenvalue weighted by Crippen LogP contribution is -2.39. The summed E-state index contributed by atoms with van der Waals surface area (Å²) >= 11 is 0. The SMILES string of the molecule is CCS(=O)(=O)CCCC1(CNC)CCC1. The highest BCUT2D eigenvalue weighted by atomic mass is 32.2. The van der Waals surface area contributed by atoms with Gasteiger partial charge in [0, 0.05) is 12.3 Å². The van der Waals surface area contributed by atoms with Crippen LogP contribution in [0.4, 0.5) is 0 Å². The van der Waals surface area contributed by atoms with Crippen LogP contribution < -0.4 is 5.32 Å². The lowest BCUT2D eigenvalue weighted by atomic mass is 9.66. The van der Waals surface area contributed by atoms with E-state index in [2.05, 4.69) is 5.32 Å². The molecule has 1 saturated carbocycles. The first-order chi connectivity index (χ1) is 7.04. The van der Waals surface area contributed by atoms with Crippen molar-refractivity contribution < 1.29 is 8.42 Å². The van der Waals surface area contributed by atoms with Crippen LogP contribution in [-0.2, 0) is 9.84 Å². The smallest absolute Gasteiger partial charge is 0.150 e. The third-order valence-corrected chi connectivity index (χ3v) is 5.36. The maximum Gasteiger partial charge on any atom is 0.150 e.